The van der Waals surface area contributed by atoms with Gasteiger partial charge in [0.2, 0.25) is 0 Å². The first-order chi connectivity index (χ1) is 7.56. The van der Waals surface area contributed by atoms with Gasteiger partial charge < -0.3 is 15.5 Å². The number of fused-ring (bicyclic) bond motifs is 1. The first kappa shape index (κ1) is 10.5. The zero-order valence-electron chi connectivity index (χ0n) is 8.88. The standard InChI is InChI=1S/C9H13N5O2/c1-3-4-14-5-6(11-8(14)10)13(2)9(16)12-7(5)15/h3,5-6H,1,4H2,2H3,(H2,10,11)(H,12,15,16). The van der Waals surface area contributed by atoms with Crippen molar-refractivity contribution >= 4 is 17.9 Å². The molecule has 2 unspecified atom stereocenters. The molecule has 2 atom stereocenters. The van der Waals surface area contributed by atoms with Crippen molar-refractivity contribution in [1.29, 1.82) is 0 Å². The van der Waals surface area contributed by atoms with Crippen LogP contribution in [0.4, 0.5) is 4.79 Å². The third-order valence-electron chi connectivity index (χ3n) is 2.72. The zero-order valence-corrected chi connectivity index (χ0v) is 8.88. The van der Waals surface area contributed by atoms with Gasteiger partial charge in [0.15, 0.2) is 18.2 Å². The topological polar surface area (TPSA) is 91.0 Å². The fourth-order valence-electron chi connectivity index (χ4n) is 1.89. The molecule has 0 aromatic heterocycles. The number of hydrogen-bond acceptors (Lipinski definition) is 5. The number of nitrogens with zero attached hydrogens (tertiary/aromatic N) is 3. The smallest absolute Gasteiger partial charge is 0.325 e. The Balaban J connectivity index is 2.31. The predicted octanol–water partition coefficient (Wildman–Crippen LogP) is -1.32. The number of nitrogens with two attached hydrogens (primary N) is 1. The lowest BCUT2D eigenvalue weighted by atomic mass is 10.1. The molecule has 2 heterocycles. The molecule has 3 amide bonds. The maximum absolute atomic E-state index is 11.7. The lowest BCUT2D eigenvalue weighted by Gasteiger charge is -2.35. The second-order valence-electron chi connectivity index (χ2n) is 3.69. The van der Waals surface area contributed by atoms with Crippen LogP contribution in [0.15, 0.2) is 17.6 Å². The van der Waals surface area contributed by atoms with Crippen LogP contribution in [0.1, 0.15) is 0 Å². The number of nitrogens with one attached hydrogen (secondary N) is 1. The molecule has 86 valence electrons. The van der Waals surface area contributed by atoms with Gasteiger partial charge in [-0.3, -0.25) is 10.1 Å². The Bertz CT molecular complexity index is 391. The SMILES string of the molecule is C=CCN1C(N)=NC2C1C(=O)NC(=O)N2C. The number of aliphatic imine (C=N–C) groups is 1. The number of carbonyl (C=O) groups is 2. The van der Waals surface area contributed by atoms with Gasteiger partial charge in [0.1, 0.15) is 0 Å². The van der Waals surface area contributed by atoms with Crippen LogP contribution in [0, 0.1) is 0 Å². The molecule has 7 nitrogen and oxygen atoms in total. The van der Waals surface area contributed by atoms with Crippen molar-refractivity contribution in [2.45, 2.75) is 12.2 Å². The number of imide groups is 1. The maximum atomic E-state index is 11.7. The Morgan fingerprint density at radius 3 is 2.94 bits per heavy atom. The summed E-state index contributed by atoms with van der Waals surface area (Å²) >= 11 is 0. The molecule has 3 N–H and O–H groups in total. The average molecular weight is 223 g/mol. The largest absolute Gasteiger partial charge is 0.370 e. The van der Waals surface area contributed by atoms with Gasteiger partial charge in [-0.05, 0) is 0 Å². The minimum atomic E-state index is -0.555. The molecule has 2 rings (SSSR count). The van der Waals surface area contributed by atoms with E-state index in [0.717, 1.165) is 0 Å². The van der Waals surface area contributed by atoms with Gasteiger partial charge >= 0.3 is 6.03 Å². The van der Waals surface area contributed by atoms with Gasteiger partial charge in [-0.15, -0.1) is 6.58 Å². The molecule has 0 radical (unpaired) electrons. The van der Waals surface area contributed by atoms with E-state index in [1.54, 1.807) is 18.0 Å². The first-order valence-corrected chi connectivity index (χ1v) is 4.84. The van der Waals surface area contributed by atoms with Gasteiger partial charge in [-0.25, -0.2) is 9.79 Å². The first-order valence-electron chi connectivity index (χ1n) is 4.84. The number of likely N-dealkylation sites (N-methyl/N-ethyl adjacent to an activating group) is 1. The maximum Gasteiger partial charge on any atom is 0.325 e. The highest BCUT2D eigenvalue weighted by molar-refractivity contribution is 6.03. The fraction of sp³-hybridized carbons (Fsp3) is 0.444. The summed E-state index contributed by atoms with van der Waals surface area (Å²) in [5.74, 6) is -0.120. The van der Waals surface area contributed by atoms with Crippen LogP contribution in [0.2, 0.25) is 0 Å². The molecule has 0 aliphatic carbocycles. The number of rotatable bonds is 2. The third kappa shape index (κ3) is 1.32. The van der Waals surface area contributed by atoms with Crippen LogP contribution < -0.4 is 11.1 Å². The second-order valence-corrected chi connectivity index (χ2v) is 3.69. The summed E-state index contributed by atoms with van der Waals surface area (Å²) in [5, 5.41) is 2.25. The zero-order chi connectivity index (χ0) is 11.9. The monoisotopic (exact) mass is 223 g/mol. The van der Waals surface area contributed by atoms with E-state index < -0.39 is 18.2 Å². The van der Waals surface area contributed by atoms with E-state index in [1.807, 2.05) is 0 Å². The lowest BCUT2D eigenvalue weighted by molar-refractivity contribution is -0.126. The minimum Gasteiger partial charge on any atom is -0.370 e. The number of guanidine groups is 1. The van der Waals surface area contributed by atoms with E-state index in [2.05, 4.69) is 16.9 Å². The summed E-state index contributed by atoms with van der Waals surface area (Å²) in [6.45, 7) is 4.01. The van der Waals surface area contributed by atoms with Crippen LogP contribution in [0.3, 0.4) is 0 Å². The second kappa shape index (κ2) is 3.51. The summed E-state index contributed by atoms with van der Waals surface area (Å²) in [5.41, 5.74) is 5.70. The van der Waals surface area contributed by atoms with E-state index >= 15 is 0 Å². The van der Waals surface area contributed by atoms with Gasteiger partial charge in [0.05, 0.1) is 0 Å². The summed E-state index contributed by atoms with van der Waals surface area (Å²) < 4.78 is 0. The Labute approximate surface area is 92.6 Å². The van der Waals surface area contributed by atoms with Crippen LogP contribution in [-0.4, -0.2) is 53.5 Å². The number of carbonyl (C=O) groups excluding carboxylic acids is 2. The van der Waals surface area contributed by atoms with Crippen LogP contribution in [0.25, 0.3) is 0 Å². The van der Waals surface area contributed by atoms with Crippen molar-refractivity contribution in [1.82, 2.24) is 15.1 Å². The normalized spacial score (nSPS) is 28.7. The summed E-state index contributed by atoms with van der Waals surface area (Å²) in [6.07, 6.45) is 1.09. The van der Waals surface area contributed by atoms with Crippen LogP contribution in [0.5, 0.6) is 0 Å². The van der Waals surface area contributed by atoms with E-state index in [1.165, 1.54) is 4.90 Å². The molecule has 0 spiro atoms. The Hall–Kier alpha value is -2.05. The fourth-order valence-corrected chi connectivity index (χ4v) is 1.89. The van der Waals surface area contributed by atoms with E-state index in [0.29, 0.717) is 6.54 Å². The molecule has 16 heavy (non-hydrogen) atoms. The Kier molecular flexibility index (Phi) is 2.30. The Morgan fingerprint density at radius 1 is 1.62 bits per heavy atom. The molecular formula is C9H13N5O2. The Morgan fingerprint density at radius 2 is 2.31 bits per heavy atom. The van der Waals surface area contributed by atoms with E-state index in [4.69, 9.17) is 5.73 Å². The summed E-state index contributed by atoms with van der Waals surface area (Å²) in [6, 6.07) is -1.01. The minimum absolute atomic E-state index is 0.256. The summed E-state index contributed by atoms with van der Waals surface area (Å²) in [7, 11) is 1.58. The van der Waals surface area contributed by atoms with Crippen LogP contribution in [-0.2, 0) is 4.79 Å². The van der Waals surface area contributed by atoms with Gasteiger partial charge in [-0.2, -0.15) is 0 Å². The van der Waals surface area contributed by atoms with Crippen molar-refractivity contribution in [3.63, 3.8) is 0 Å². The lowest BCUT2D eigenvalue weighted by Crippen LogP contribution is -2.64. The number of hydrogen-bond donors (Lipinski definition) is 2. The van der Waals surface area contributed by atoms with Gasteiger partial charge in [0, 0.05) is 13.6 Å². The molecule has 1 fully saturated rings. The number of amides is 3. The molecular weight excluding hydrogens is 210 g/mol. The van der Waals surface area contributed by atoms with Gasteiger partial charge in [0.25, 0.3) is 5.91 Å². The highest BCUT2D eigenvalue weighted by Gasteiger charge is 2.47. The number of urea groups is 1. The van der Waals surface area contributed by atoms with Gasteiger partial charge in [-0.1, -0.05) is 6.08 Å². The predicted molar refractivity (Wildman–Crippen MR) is 57.4 cm³/mol. The quantitative estimate of drug-likeness (QED) is 0.568. The van der Waals surface area contributed by atoms with E-state index in [9.17, 15) is 9.59 Å². The highest BCUT2D eigenvalue weighted by Crippen LogP contribution is 2.22. The molecule has 0 aromatic rings. The molecule has 1 saturated heterocycles. The van der Waals surface area contributed by atoms with Crippen molar-refractivity contribution in [3.8, 4) is 0 Å². The van der Waals surface area contributed by atoms with Crippen LogP contribution >= 0.6 is 0 Å². The third-order valence-corrected chi connectivity index (χ3v) is 2.72. The molecule has 0 aromatic carbocycles. The summed E-state index contributed by atoms with van der Waals surface area (Å²) in [4.78, 5) is 30.2. The van der Waals surface area contributed by atoms with Crippen molar-refractivity contribution < 1.29 is 9.59 Å². The molecule has 2 aliphatic rings. The molecule has 7 heteroatoms. The van der Waals surface area contributed by atoms with E-state index in [-0.39, 0.29) is 11.9 Å². The highest BCUT2D eigenvalue weighted by atomic mass is 16.2. The molecule has 0 saturated carbocycles. The van der Waals surface area contributed by atoms with Crippen molar-refractivity contribution in [2.24, 2.45) is 10.7 Å². The average Bonchev–Trinajstić information content (AvgIpc) is 2.54. The van der Waals surface area contributed by atoms with Crippen molar-refractivity contribution in [3.05, 3.63) is 12.7 Å². The molecule has 2 aliphatic heterocycles. The molecule has 0 bridgehead atoms. The van der Waals surface area contributed by atoms with Crippen molar-refractivity contribution in [2.75, 3.05) is 13.6 Å².